The number of hydrogen-bond acceptors (Lipinski definition) is 6. The summed E-state index contributed by atoms with van der Waals surface area (Å²) in [4.78, 5) is 20.6. The van der Waals surface area contributed by atoms with Crippen molar-refractivity contribution in [1.29, 1.82) is 0 Å². The molecule has 4 rings (SSSR count). The molecule has 0 aliphatic carbocycles. The number of anilines is 1. The minimum Gasteiger partial charge on any atom is -0.483 e. The van der Waals surface area contributed by atoms with Crippen LogP contribution < -0.4 is 9.64 Å². The van der Waals surface area contributed by atoms with Crippen LogP contribution in [0.15, 0.2) is 54.9 Å². The molecular formula is C23H25N5O2. The topological polar surface area (TPSA) is 71.5 Å². The Morgan fingerprint density at radius 3 is 2.27 bits per heavy atom. The van der Waals surface area contributed by atoms with Crippen LogP contribution >= 0.6 is 0 Å². The molecule has 7 heteroatoms. The summed E-state index contributed by atoms with van der Waals surface area (Å²) in [6.07, 6.45) is 3.48. The fourth-order valence-electron chi connectivity index (χ4n) is 3.61. The molecular weight excluding hydrogens is 378 g/mol. The van der Waals surface area contributed by atoms with E-state index in [4.69, 9.17) is 4.74 Å². The Kier molecular flexibility index (Phi) is 5.88. The molecule has 1 saturated heterocycles. The van der Waals surface area contributed by atoms with Crippen molar-refractivity contribution in [2.75, 3.05) is 37.7 Å². The van der Waals surface area contributed by atoms with Gasteiger partial charge in [-0.1, -0.05) is 18.2 Å². The fraction of sp³-hybridized carbons (Fsp3) is 0.304. The second-order valence-corrected chi connectivity index (χ2v) is 7.39. The van der Waals surface area contributed by atoms with Crippen LogP contribution in [0.2, 0.25) is 0 Å². The number of aryl methyl sites for hydroxylation is 2. The van der Waals surface area contributed by atoms with Gasteiger partial charge in [0, 0.05) is 44.1 Å². The van der Waals surface area contributed by atoms with E-state index in [-0.39, 0.29) is 12.5 Å². The number of amides is 1. The average molecular weight is 403 g/mol. The predicted octanol–water partition coefficient (Wildman–Crippen LogP) is 2.88. The van der Waals surface area contributed by atoms with Crippen LogP contribution in [0.5, 0.6) is 5.75 Å². The third-order valence-electron chi connectivity index (χ3n) is 5.33. The van der Waals surface area contributed by atoms with Crippen molar-refractivity contribution >= 4 is 11.7 Å². The molecule has 0 spiro atoms. The second-order valence-electron chi connectivity index (χ2n) is 7.39. The summed E-state index contributed by atoms with van der Waals surface area (Å²) in [5.41, 5.74) is 3.89. The van der Waals surface area contributed by atoms with Crippen molar-refractivity contribution in [1.82, 2.24) is 20.1 Å². The van der Waals surface area contributed by atoms with Crippen LogP contribution in [-0.4, -0.2) is 58.8 Å². The van der Waals surface area contributed by atoms with Gasteiger partial charge < -0.3 is 14.5 Å². The van der Waals surface area contributed by atoms with E-state index >= 15 is 0 Å². The monoisotopic (exact) mass is 403 g/mol. The van der Waals surface area contributed by atoms with Gasteiger partial charge >= 0.3 is 0 Å². The van der Waals surface area contributed by atoms with Crippen molar-refractivity contribution in [2.24, 2.45) is 0 Å². The zero-order valence-electron chi connectivity index (χ0n) is 17.3. The van der Waals surface area contributed by atoms with Crippen LogP contribution in [0.4, 0.5) is 5.82 Å². The maximum atomic E-state index is 12.6. The van der Waals surface area contributed by atoms with E-state index in [1.165, 1.54) is 0 Å². The van der Waals surface area contributed by atoms with E-state index in [0.717, 1.165) is 47.0 Å². The smallest absolute Gasteiger partial charge is 0.260 e. The summed E-state index contributed by atoms with van der Waals surface area (Å²) in [6, 6.07) is 13.7. The maximum Gasteiger partial charge on any atom is 0.260 e. The van der Waals surface area contributed by atoms with Gasteiger partial charge in [-0.3, -0.25) is 9.78 Å². The van der Waals surface area contributed by atoms with Gasteiger partial charge in [-0.05, 0) is 49.2 Å². The van der Waals surface area contributed by atoms with Crippen molar-refractivity contribution in [3.05, 3.63) is 66.0 Å². The number of pyridine rings is 1. The molecule has 0 saturated carbocycles. The van der Waals surface area contributed by atoms with Crippen molar-refractivity contribution in [3.8, 4) is 17.0 Å². The van der Waals surface area contributed by atoms with Gasteiger partial charge in [0.05, 0.1) is 5.69 Å². The summed E-state index contributed by atoms with van der Waals surface area (Å²) in [7, 11) is 0. The quantitative estimate of drug-likeness (QED) is 0.652. The van der Waals surface area contributed by atoms with E-state index in [1.807, 2.05) is 61.2 Å². The van der Waals surface area contributed by atoms with Crippen LogP contribution in [0.25, 0.3) is 11.3 Å². The first-order valence-corrected chi connectivity index (χ1v) is 10.1. The van der Waals surface area contributed by atoms with Crippen LogP contribution in [0.1, 0.15) is 11.1 Å². The molecule has 1 aromatic carbocycles. The molecule has 0 N–H and O–H groups in total. The Hall–Kier alpha value is -3.48. The number of rotatable bonds is 5. The number of piperazine rings is 1. The van der Waals surface area contributed by atoms with Gasteiger partial charge in [-0.15, -0.1) is 10.2 Å². The molecule has 3 heterocycles. The Morgan fingerprint density at radius 2 is 1.63 bits per heavy atom. The zero-order valence-corrected chi connectivity index (χ0v) is 17.3. The molecule has 3 aromatic rings. The molecule has 7 nitrogen and oxygen atoms in total. The van der Waals surface area contributed by atoms with E-state index in [9.17, 15) is 4.79 Å². The molecule has 154 valence electrons. The SMILES string of the molecule is Cc1cccc(C)c1OCC(=O)N1CCN(c2ccc(-c3ccncc3)nn2)CC1. The third-order valence-corrected chi connectivity index (χ3v) is 5.33. The summed E-state index contributed by atoms with van der Waals surface area (Å²) >= 11 is 0. The Morgan fingerprint density at radius 1 is 0.933 bits per heavy atom. The van der Waals surface area contributed by atoms with Gasteiger partial charge in [0.2, 0.25) is 0 Å². The van der Waals surface area contributed by atoms with Gasteiger partial charge in [0.15, 0.2) is 12.4 Å². The first kappa shape index (κ1) is 19.8. The maximum absolute atomic E-state index is 12.6. The second kappa shape index (κ2) is 8.90. The van der Waals surface area contributed by atoms with Gasteiger partial charge in [-0.25, -0.2) is 0 Å². The molecule has 0 bridgehead atoms. The number of carbonyl (C=O) groups excluding carboxylic acids is 1. The van der Waals surface area contributed by atoms with Crippen molar-refractivity contribution < 1.29 is 9.53 Å². The molecule has 0 unspecified atom stereocenters. The highest BCUT2D eigenvalue weighted by Gasteiger charge is 2.22. The molecule has 2 aromatic heterocycles. The number of nitrogens with zero attached hydrogens (tertiary/aromatic N) is 5. The molecule has 1 aliphatic rings. The zero-order chi connectivity index (χ0) is 20.9. The summed E-state index contributed by atoms with van der Waals surface area (Å²) in [5, 5.41) is 8.71. The Bertz CT molecular complexity index is 980. The summed E-state index contributed by atoms with van der Waals surface area (Å²) < 4.78 is 5.82. The largest absolute Gasteiger partial charge is 0.483 e. The molecule has 1 amide bonds. The fourth-order valence-corrected chi connectivity index (χ4v) is 3.61. The highest BCUT2D eigenvalue weighted by atomic mass is 16.5. The predicted molar refractivity (Wildman–Crippen MR) is 115 cm³/mol. The van der Waals surface area contributed by atoms with E-state index < -0.39 is 0 Å². The third kappa shape index (κ3) is 4.40. The molecule has 1 fully saturated rings. The Labute approximate surface area is 176 Å². The van der Waals surface area contributed by atoms with Crippen LogP contribution in [0, 0.1) is 13.8 Å². The molecule has 0 radical (unpaired) electrons. The molecule has 0 atom stereocenters. The number of para-hydroxylation sites is 1. The first-order chi connectivity index (χ1) is 14.6. The van der Waals surface area contributed by atoms with Gasteiger partial charge in [-0.2, -0.15) is 0 Å². The number of carbonyl (C=O) groups is 1. The van der Waals surface area contributed by atoms with Gasteiger partial charge in [0.1, 0.15) is 5.75 Å². The summed E-state index contributed by atoms with van der Waals surface area (Å²) in [5.74, 6) is 1.64. The first-order valence-electron chi connectivity index (χ1n) is 10.1. The lowest BCUT2D eigenvalue weighted by Crippen LogP contribution is -2.50. The summed E-state index contributed by atoms with van der Waals surface area (Å²) in [6.45, 7) is 6.77. The number of aromatic nitrogens is 3. The van der Waals surface area contributed by atoms with Crippen molar-refractivity contribution in [2.45, 2.75) is 13.8 Å². The van der Waals surface area contributed by atoms with Crippen molar-refractivity contribution in [3.63, 3.8) is 0 Å². The minimum atomic E-state index is 0.0106. The lowest BCUT2D eigenvalue weighted by Gasteiger charge is -2.35. The Balaban J connectivity index is 1.31. The number of benzene rings is 1. The number of ether oxygens (including phenoxy) is 1. The molecule has 30 heavy (non-hydrogen) atoms. The molecule has 1 aliphatic heterocycles. The highest BCUT2D eigenvalue weighted by molar-refractivity contribution is 5.78. The highest BCUT2D eigenvalue weighted by Crippen LogP contribution is 2.22. The van der Waals surface area contributed by atoms with Crippen LogP contribution in [-0.2, 0) is 4.79 Å². The lowest BCUT2D eigenvalue weighted by molar-refractivity contribution is -0.133. The van der Waals surface area contributed by atoms with Crippen LogP contribution in [0.3, 0.4) is 0 Å². The lowest BCUT2D eigenvalue weighted by atomic mass is 10.1. The number of hydrogen-bond donors (Lipinski definition) is 0. The standard InChI is InChI=1S/C23H25N5O2/c1-17-4-3-5-18(2)23(17)30-16-22(29)28-14-12-27(13-15-28)21-7-6-20(25-26-21)19-8-10-24-11-9-19/h3-11H,12-16H2,1-2H3. The average Bonchev–Trinajstić information content (AvgIpc) is 2.79. The minimum absolute atomic E-state index is 0.0106. The van der Waals surface area contributed by atoms with Gasteiger partial charge in [0.25, 0.3) is 5.91 Å². The van der Waals surface area contributed by atoms with E-state index in [1.54, 1.807) is 12.4 Å². The van der Waals surface area contributed by atoms with E-state index in [2.05, 4.69) is 20.1 Å². The van der Waals surface area contributed by atoms with E-state index in [0.29, 0.717) is 13.1 Å². The normalized spacial score (nSPS) is 13.9.